The molecule has 5 nitrogen and oxygen atoms in total. The molecule has 17 heavy (non-hydrogen) atoms. The van der Waals surface area contributed by atoms with Crippen LogP contribution in [0.3, 0.4) is 0 Å². The van der Waals surface area contributed by atoms with E-state index in [2.05, 4.69) is 5.32 Å². The van der Waals surface area contributed by atoms with Crippen molar-refractivity contribution in [2.24, 2.45) is 0 Å². The highest BCUT2D eigenvalue weighted by atomic mass is 16.5. The van der Waals surface area contributed by atoms with Crippen LogP contribution in [0.2, 0.25) is 0 Å². The number of rotatable bonds is 8. The van der Waals surface area contributed by atoms with Gasteiger partial charge in [0.1, 0.15) is 11.9 Å². The Morgan fingerprint density at radius 3 is 2.94 bits per heavy atom. The molecule has 98 valence electrons. The van der Waals surface area contributed by atoms with Gasteiger partial charge in [-0.25, -0.2) is 0 Å². The summed E-state index contributed by atoms with van der Waals surface area (Å²) in [4.78, 5) is 0. The Bertz CT molecular complexity index is 297. The molecule has 3 N–H and O–H groups in total. The standard InChI is InChI=1S/C12H21NO4/c1-12(15,5-7-16-2)9-13-8-10(14)11-4-3-6-17-11/h3-4,6,10,13-15H,5,7-9H2,1-2H3. The summed E-state index contributed by atoms with van der Waals surface area (Å²) in [6.07, 6.45) is 1.38. The summed E-state index contributed by atoms with van der Waals surface area (Å²) in [6, 6.07) is 3.45. The molecule has 0 spiro atoms. The second-order valence-corrected chi connectivity index (χ2v) is 4.40. The van der Waals surface area contributed by atoms with Gasteiger partial charge in [-0.05, 0) is 19.1 Å². The molecule has 2 atom stereocenters. The van der Waals surface area contributed by atoms with Crippen LogP contribution in [0.5, 0.6) is 0 Å². The Kier molecular flexibility index (Phi) is 5.64. The average molecular weight is 243 g/mol. The zero-order valence-electron chi connectivity index (χ0n) is 10.3. The molecule has 0 saturated heterocycles. The molecule has 0 aliphatic rings. The van der Waals surface area contributed by atoms with Crippen LogP contribution in [0.4, 0.5) is 0 Å². The molecular formula is C12H21NO4. The summed E-state index contributed by atoms with van der Waals surface area (Å²) < 4.78 is 9.98. The number of nitrogens with one attached hydrogen (secondary N) is 1. The summed E-state index contributed by atoms with van der Waals surface area (Å²) >= 11 is 0. The lowest BCUT2D eigenvalue weighted by atomic mass is 10.0. The first-order valence-electron chi connectivity index (χ1n) is 5.69. The van der Waals surface area contributed by atoms with Crippen LogP contribution >= 0.6 is 0 Å². The van der Waals surface area contributed by atoms with Gasteiger partial charge in [-0.1, -0.05) is 0 Å². The highest BCUT2D eigenvalue weighted by molar-refractivity contribution is 5.02. The van der Waals surface area contributed by atoms with E-state index in [9.17, 15) is 10.2 Å². The monoisotopic (exact) mass is 243 g/mol. The first kappa shape index (κ1) is 14.2. The van der Waals surface area contributed by atoms with Crippen LogP contribution in [-0.4, -0.2) is 42.6 Å². The number of hydrogen-bond acceptors (Lipinski definition) is 5. The largest absolute Gasteiger partial charge is 0.467 e. The third-order valence-corrected chi connectivity index (χ3v) is 2.56. The quantitative estimate of drug-likeness (QED) is 0.626. The van der Waals surface area contributed by atoms with Gasteiger partial charge in [0.25, 0.3) is 0 Å². The van der Waals surface area contributed by atoms with Crippen molar-refractivity contribution >= 4 is 0 Å². The fourth-order valence-corrected chi connectivity index (χ4v) is 1.47. The minimum atomic E-state index is -0.834. The van der Waals surface area contributed by atoms with Gasteiger partial charge >= 0.3 is 0 Å². The third-order valence-electron chi connectivity index (χ3n) is 2.56. The molecule has 0 aromatic carbocycles. The van der Waals surface area contributed by atoms with Crippen LogP contribution < -0.4 is 5.32 Å². The first-order valence-corrected chi connectivity index (χ1v) is 5.69. The molecule has 1 aromatic rings. The summed E-state index contributed by atoms with van der Waals surface area (Å²) in [5.74, 6) is 0.522. The lowest BCUT2D eigenvalue weighted by Crippen LogP contribution is -2.40. The van der Waals surface area contributed by atoms with Crippen molar-refractivity contribution in [2.75, 3.05) is 26.8 Å². The lowest BCUT2D eigenvalue weighted by molar-refractivity contribution is 0.0218. The zero-order chi connectivity index (χ0) is 12.7. The van der Waals surface area contributed by atoms with E-state index in [0.29, 0.717) is 31.9 Å². The van der Waals surface area contributed by atoms with Crippen molar-refractivity contribution in [1.82, 2.24) is 5.32 Å². The van der Waals surface area contributed by atoms with Crippen LogP contribution in [0.15, 0.2) is 22.8 Å². The summed E-state index contributed by atoms with van der Waals surface area (Å²) in [6.45, 7) is 2.98. The minimum Gasteiger partial charge on any atom is -0.467 e. The third kappa shape index (κ3) is 5.32. The van der Waals surface area contributed by atoms with E-state index in [-0.39, 0.29) is 0 Å². The molecule has 1 rings (SSSR count). The van der Waals surface area contributed by atoms with Gasteiger partial charge in [-0.3, -0.25) is 0 Å². The molecule has 0 bridgehead atoms. The van der Waals surface area contributed by atoms with E-state index >= 15 is 0 Å². The molecule has 2 unspecified atom stereocenters. The Morgan fingerprint density at radius 1 is 1.59 bits per heavy atom. The zero-order valence-corrected chi connectivity index (χ0v) is 10.3. The lowest BCUT2D eigenvalue weighted by Gasteiger charge is -2.23. The van der Waals surface area contributed by atoms with Crippen molar-refractivity contribution < 1.29 is 19.4 Å². The van der Waals surface area contributed by atoms with E-state index in [0.717, 1.165) is 0 Å². The molecule has 0 amide bonds. The van der Waals surface area contributed by atoms with Gasteiger partial charge in [0, 0.05) is 33.2 Å². The fraction of sp³-hybridized carbons (Fsp3) is 0.667. The summed E-state index contributed by atoms with van der Waals surface area (Å²) in [7, 11) is 1.60. The molecule has 0 saturated carbocycles. The van der Waals surface area contributed by atoms with Gasteiger partial charge < -0.3 is 24.7 Å². The number of methoxy groups -OCH3 is 1. The van der Waals surface area contributed by atoms with Crippen LogP contribution in [0.25, 0.3) is 0 Å². The van der Waals surface area contributed by atoms with Gasteiger partial charge in [0.15, 0.2) is 0 Å². The second kappa shape index (κ2) is 6.76. The van der Waals surface area contributed by atoms with E-state index in [1.807, 2.05) is 0 Å². The molecule has 1 aromatic heterocycles. The van der Waals surface area contributed by atoms with Gasteiger partial charge in [-0.2, -0.15) is 0 Å². The van der Waals surface area contributed by atoms with Crippen LogP contribution in [-0.2, 0) is 4.74 Å². The van der Waals surface area contributed by atoms with Gasteiger partial charge in [-0.15, -0.1) is 0 Å². The van der Waals surface area contributed by atoms with E-state index in [1.54, 1.807) is 26.2 Å². The number of ether oxygens (including phenoxy) is 1. The Balaban J connectivity index is 2.23. The number of hydrogen-bond donors (Lipinski definition) is 3. The molecule has 0 aliphatic carbocycles. The minimum absolute atomic E-state index is 0.344. The first-order chi connectivity index (χ1) is 8.05. The maximum atomic E-state index is 9.94. The smallest absolute Gasteiger partial charge is 0.133 e. The summed E-state index contributed by atoms with van der Waals surface area (Å²) in [5.41, 5.74) is -0.834. The van der Waals surface area contributed by atoms with Crippen molar-refractivity contribution in [3.05, 3.63) is 24.2 Å². The van der Waals surface area contributed by atoms with E-state index in [1.165, 1.54) is 6.26 Å². The number of aliphatic hydroxyl groups excluding tert-OH is 1. The normalized spacial score (nSPS) is 16.7. The predicted octanol–water partition coefficient (Wildman–Crippen LogP) is 0.690. The summed E-state index contributed by atoms with van der Waals surface area (Å²) in [5, 5.41) is 22.7. The van der Waals surface area contributed by atoms with Crippen molar-refractivity contribution in [3.63, 3.8) is 0 Å². The number of aliphatic hydroxyl groups is 2. The van der Waals surface area contributed by atoms with E-state index in [4.69, 9.17) is 9.15 Å². The number of furan rings is 1. The highest BCUT2D eigenvalue weighted by Crippen LogP contribution is 2.12. The molecule has 1 heterocycles. The molecule has 5 heteroatoms. The van der Waals surface area contributed by atoms with Crippen LogP contribution in [0.1, 0.15) is 25.2 Å². The Labute approximate surface area is 101 Å². The Morgan fingerprint density at radius 2 is 2.35 bits per heavy atom. The maximum Gasteiger partial charge on any atom is 0.133 e. The van der Waals surface area contributed by atoms with Gasteiger partial charge in [0.05, 0.1) is 11.9 Å². The molecular weight excluding hydrogens is 222 g/mol. The van der Waals surface area contributed by atoms with Crippen LogP contribution in [0, 0.1) is 0 Å². The predicted molar refractivity (Wildman–Crippen MR) is 63.7 cm³/mol. The second-order valence-electron chi connectivity index (χ2n) is 4.40. The highest BCUT2D eigenvalue weighted by Gasteiger charge is 2.20. The van der Waals surface area contributed by atoms with Crippen molar-refractivity contribution in [1.29, 1.82) is 0 Å². The maximum absolute atomic E-state index is 9.94. The molecule has 0 fully saturated rings. The molecule has 0 radical (unpaired) electrons. The molecule has 0 aliphatic heterocycles. The van der Waals surface area contributed by atoms with E-state index < -0.39 is 11.7 Å². The topological polar surface area (TPSA) is 74.9 Å². The Hall–Kier alpha value is -0.880. The average Bonchev–Trinajstić information content (AvgIpc) is 2.79. The van der Waals surface area contributed by atoms with Crippen molar-refractivity contribution in [2.45, 2.75) is 25.0 Å². The van der Waals surface area contributed by atoms with Crippen molar-refractivity contribution in [3.8, 4) is 0 Å². The SMILES string of the molecule is COCCC(C)(O)CNCC(O)c1ccco1. The van der Waals surface area contributed by atoms with Gasteiger partial charge in [0.2, 0.25) is 0 Å². The fourth-order valence-electron chi connectivity index (χ4n) is 1.47.